The summed E-state index contributed by atoms with van der Waals surface area (Å²) in [6.07, 6.45) is 0. The summed E-state index contributed by atoms with van der Waals surface area (Å²) < 4.78 is 2.83. The Balaban J connectivity index is 2.23. The molecule has 3 rings (SSSR count). The van der Waals surface area contributed by atoms with E-state index in [1.54, 1.807) is 0 Å². The molecule has 0 N–H and O–H groups in total. The third kappa shape index (κ3) is 2.88. The third-order valence-electron chi connectivity index (χ3n) is 3.65. The Morgan fingerprint density at radius 3 is 2.27 bits per heavy atom. The van der Waals surface area contributed by atoms with E-state index < -0.39 is 0 Å². The van der Waals surface area contributed by atoms with E-state index in [1.165, 1.54) is 5.56 Å². The molecule has 1 aromatic carbocycles. The molecule has 0 saturated carbocycles. The summed E-state index contributed by atoms with van der Waals surface area (Å²) >= 11 is 0. The van der Waals surface area contributed by atoms with Gasteiger partial charge < -0.3 is 4.48 Å². The van der Waals surface area contributed by atoms with Crippen LogP contribution in [0.2, 0.25) is 0 Å². The van der Waals surface area contributed by atoms with Crippen molar-refractivity contribution in [2.45, 2.75) is 20.4 Å². The van der Waals surface area contributed by atoms with Crippen LogP contribution in [-0.4, -0.2) is 40.2 Å². The molecule has 0 radical (unpaired) electrons. The van der Waals surface area contributed by atoms with Gasteiger partial charge in [0.25, 0.3) is 0 Å². The Hall–Kier alpha value is -2.20. The van der Waals surface area contributed by atoms with Crippen molar-refractivity contribution in [2.75, 3.05) is 21.1 Å². The number of rotatable bonds is 3. The van der Waals surface area contributed by atoms with E-state index in [4.69, 9.17) is 4.98 Å². The molecule has 114 valence electrons. The number of imidazole rings is 1. The van der Waals surface area contributed by atoms with Gasteiger partial charge in [-0.05, 0) is 26.0 Å². The van der Waals surface area contributed by atoms with Crippen molar-refractivity contribution in [3.63, 3.8) is 0 Å². The first-order valence-corrected chi connectivity index (χ1v) is 7.56. The van der Waals surface area contributed by atoms with Crippen LogP contribution in [0.25, 0.3) is 16.9 Å². The van der Waals surface area contributed by atoms with E-state index in [2.05, 4.69) is 57.4 Å². The van der Waals surface area contributed by atoms with Crippen molar-refractivity contribution < 1.29 is 4.48 Å². The number of quaternary nitrogens is 1. The quantitative estimate of drug-likeness (QED) is 0.695. The lowest BCUT2D eigenvalue weighted by molar-refractivity contribution is -0.884. The number of aromatic nitrogens is 3. The van der Waals surface area contributed by atoms with Gasteiger partial charge in [-0.2, -0.15) is 5.10 Å². The lowest BCUT2D eigenvalue weighted by Crippen LogP contribution is -2.34. The molecule has 0 aliphatic rings. The van der Waals surface area contributed by atoms with E-state index in [-0.39, 0.29) is 0 Å². The minimum absolute atomic E-state index is 0.836. The van der Waals surface area contributed by atoms with Crippen LogP contribution in [-0.2, 0) is 6.54 Å². The van der Waals surface area contributed by atoms with Gasteiger partial charge in [0.05, 0.1) is 26.8 Å². The normalized spacial score (nSPS) is 12.0. The largest absolute Gasteiger partial charge is 0.326 e. The summed E-state index contributed by atoms with van der Waals surface area (Å²) in [6.45, 7) is 4.99. The fourth-order valence-electron chi connectivity index (χ4n) is 2.60. The number of hydrogen-bond acceptors (Lipinski definition) is 2. The van der Waals surface area contributed by atoms with Gasteiger partial charge in [0.1, 0.15) is 17.9 Å². The van der Waals surface area contributed by atoms with Gasteiger partial charge in [0, 0.05) is 5.56 Å². The first-order valence-electron chi connectivity index (χ1n) is 7.56. The van der Waals surface area contributed by atoms with E-state index in [1.807, 2.05) is 23.6 Å². The van der Waals surface area contributed by atoms with Crippen molar-refractivity contribution in [1.29, 1.82) is 0 Å². The van der Waals surface area contributed by atoms with Crippen LogP contribution in [0.4, 0.5) is 0 Å². The Kier molecular flexibility index (Phi) is 3.49. The van der Waals surface area contributed by atoms with Gasteiger partial charge in [0.15, 0.2) is 5.65 Å². The van der Waals surface area contributed by atoms with Crippen molar-refractivity contribution in [3.8, 4) is 11.3 Å². The van der Waals surface area contributed by atoms with Crippen molar-refractivity contribution >= 4 is 5.65 Å². The summed E-state index contributed by atoms with van der Waals surface area (Å²) in [6, 6.07) is 12.6. The van der Waals surface area contributed by atoms with E-state index in [0.717, 1.165) is 39.3 Å². The van der Waals surface area contributed by atoms with Crippen LogP contribution in [0.1, 0.15) is 17.0 Å². The van der Waals surface area contributed by atoms with E-state index in [9.17, 15) is 0 Å². The predicted molar refractivity (Wildman–Crippen MR) is 89.6 cm³/mol. The molecular formula is C18H23N4+. The molecule has 0 spiro atoms. The molecule has 3 aromatic rings. The number of nitrogens with zero attached hydrogens (tertiary/aromatic N) is 4. The molecule has 0 unspecified atom stereocenters. The number of fused-ring (bicyclic) bond motifs is 1. The molecule has 0 bridgehead atoms. The zero-order valence-corrected chi connectivity index (χ0v) is 14.0. The summed E-state index contributed by atoms with van der Waals surface area (Å²) in [5, 5.41) is 4.67. The average Bonchev–Trinajstić information content (AvgIpc) is 2.76. The summed E-state index contributed by atoms with van der Waals surface area (Å²) in [7, 11) is 6.57. The lowest BCUT2D eigenvalue weighted by Gasteiger charge is -2.23. The highest BCUT2D eigenvalue weighted by atomic mass is 15.3. The van der Waals surface area contributed by atoms with Crippen molar-refractivity contribution in [1.82, 2.24) is 14.6 Å². The van der Waals surface area contributed by atoms with Crippen LogP contribution < -0.4 is 0 Å². The maximum Gasteiger partial charge on any atom is 0.154 e. The maximum atomic E-state index is 4.83. The average molecular weight is 295 g/mol. The fraction of sp³-hybridized carbons (Fsp3) is 0.333. The van der Waals surface area contributed by atoms with Crippen LogP contribution in [0.3, 0.4) is 0 Å². The first-order chi connectivity index (χ1) is 10.3. The molecule has 4 heteroatoms. The molecule has 0 atom stereocenters. The highest BCUT2D eigenvalue weighted by Gasteiger charge is 2.21. The Labute approximate surface area is 131 Å². The zero-order valence-electron chi connectivity index (χ0n) is 14.0. The standard InChI is InChI=1S/C18H23N4/c1-13-6-9-15(10-7-13)18-16(12-22(3,4)5)21-17(19-18)11-8-14(2)20-21/h6-11H,12H2,1-5H3/q+1. The van der Waals surface area contributed by atoms with Crippen molar-refractivity contribution in [2.24, 2.45) is 0 Å². The molecule has 2 heterocycles. The van der Waals surface area contributed by atoms with Crippen molar-refractivity contribution in [3.05, 3.63) is 53.3 Å². The predicted octanol–water partition coefficient (Wildman–Crippen LogP) is 3.22. The fourth-order valence-corrected chi connectivity index (χ4v) is 2.60. The van der Waals surface area contributed by atoms with Gasteiger partial charge in [-0.15, -0.1) is 0 Å². The second kappa shape index (κ2) is 5.21. The summed E-state index contributed by atoms with van der Waals surface area (Å²) in [5.41, 5.74) is 6.51. The minimum atomic E-state index is 0.836. The number of hydrogen-bond donors (Lipinski definition) is 0. The summed E-state index contributed by atoms with van der Waals surface area (Å²) in [5.74, 6) is 0. The molecule has 0 aliphatic heterocycles. The molecule has 22 heavy (non-hydrogen) atoms. The van der Waals surface area contributed by atoms with Gasteiger partial charge in [0.2, 0.25) is 0 Å². The Morgan fingerprint density at radius 1 is 0.955 bits per heavy atom. The number of aryl methyl sites for hydroxylation is 2. The molecule has 0 saturated heterocycles. The van der Waals surface area contributed by atoms with Crippen LogP contribution in [0, 0.1) is 13.8 Å². The highest BCUT2D eigenvalue weighted by molar-refractivity contribution is 5.66. The van der Waals surface area contributed by atoms with Crippen LogP contribution in [0.5, 0.6) is 0 Å². The third-order valence-corrected chi connectivity index (χ3v) is 3.65. The SMILES string of the molecule is Cc1ccc(-c2nc3ccc(C)nn3c2C[N+](C)(C)C)cc1. The second-order valence-electron chi connectivity index (χ2n) is 6.97. The lowest BCUT2D eigenvalue weighted by atomic mass is 10.1. The van der Waals surface area contributed by atoms with Gasteiger partial charge in [-0.3, -0.25) is 0 Å². The monoisotopic (exact) mass is 295 g/mol. The Bertz CT molecular complexity index is 807. The highest BCUT2D eigenvalue weighted by Crippen LogP contribution is 2.26. The molecular weight excluding hydrogens is 272 g/mol. The maximum absolute atomic E-state index is 4.83. The van der Waals surface area contributed by atoms with E-state index in [0.29, 0.717) is 0 Å². The van der Waals surface area contributed by atoms with Gasteiger partial charge in [-0.25, -0.2) is 9.50 Å². The molecule has 0 fully saturated rings. The first kappa shape index (κ1) is 14.7. The topological polar surface area (TPSA) is 30.2 Å². The van der Waals surface area contributed by atoms with Gasteiger partial charge >= 0.3 is 0 Å². The molecule has 2 aromatic heterocycles. The minimum Gasteiger partial charge on any atom is -0.326 e. The molecule has 0 amide bonds. The Morgan fingerprint density at radius 2 is 1.64 bits per heavy atom. The summed E-state index contributed by atoms with van der Waals surface area (Å²) in [4.78, 5) is 4.83. The molecule has 4 nitrogen and oxygen atoms in total. The molecule has 0 aliphatic carbocycles. The van der Waals surface area contributed by atoms with Crippen LogP contribution in [0.15, 0.2) is 36.4 Å². The second-order valence-corrected chi connectivity index (χ2v) is 6.97. The van der Waals surface area contributed by atoms with E-state index >= 15 is 0 Å². The number of benzene rings is 1. The van der Waals surface area contributed by atoms with Gasteiger partial charge in [-0.1, -0.05) is 29.8 Å². The smallest absolute Gasteiger partial charge is 0.154 e. The zero-order chi connectivity index (χ0) is 15.9. The van der Waals surface area contributed by atoms with Crippen LogP contribution >= 0.6 is 0 Å².